The predicted molar refractivity (Wildman–Crippen MR) is 116 cm³/mol. The molecule has 3 nitrogen and oxygen atoms in total. The van der Waals surface area contributed by atoms with E-state index in [0.29, 0.717) is 38.3 Å². The minimum atomic E-state index is -1.22. The molecule has 4 rings (SSSR count). The molecule has 0 spiro atoms. The summed E-state index contributed by atoms with van der Waals surface area (Å²) < 4.78 is 41.6. The number of rotatable bonds is 3. The first-order chi connectivity index (χ1) is 14.3. The summed E-state index contributed by atoms with van der Waals surface area (Å²) in [6, 6.07) is 12.4. The second-order valence-electron chi connectivity index (χ2n) is 6.25. The molecule has 1 aromatic heterocycles. The number of carbonyl (C=O) groups is 1. The average molecular weight is 467 g/mol. The molecule has 0 saturated carbocycles. The van der Waals surface area contributed by atoms with E-state index in [1.165, 1.54) is 11.3 Å². The quantitative estimate of drug-likeness (QED) is 0.316. The lowest BCUT2D eigenvalue weighted by Crippen LogP contribution is -2.21. The van der Waals surface area contributed by atoms with E-state index in [4.69, 9.17) is 23.2 Å². The first-order valence-electron chi connectivity index (χ1n) is 8.53. The molecular weight excluding hydrogens is 456 g/mol. The molecule has 1 heterocycles. The molecule has 0 unspecified atom stereocenters. The number of anilines is 2. The highest BCUT2D eigenvalue weighted by Crippen LogP contribution is 2.45. The number of benzene rings is 3. The molecule has 0 radical (unpaired) electrons. The molecule has 0 aliphatic heterocycles. The van der Waals surface area contributed by atoms with E-state index in [2.05, 4.69) is 10.6 Å². The van der Waals surface area contributed by atoms with Crippen LogP contribution in [-0.2, 0) is 0 Å². The van der Waals surface area contributed by atoms with E-state index in [0.717, 1.165) is 10.1 Å². The lowest BCUT2D eigenvalue weighted by Gasteiger charge is -2.11. The van der Waals surface area contributed by atoms with E-state index < -0.39 is 29.2 Å². The van der Waals surface area contributed by atoms with Gasteiger partial charge in [0.25, 0.3) is 0 Å². The SMILES string of the molecule is O=C(Nc1sc2ccc(Cl)cc2c1-c1ccccc1Cl)Nc1c(F)cc(F)cc1F. The zero-order valence-corrected chi connectivity index (χ0v) is 17.2. The van der Waals surface area contributed by atoms with Crippen molar-refractivity contribution in [2.75, 3.05) is 10.6 Å². The Morgan fingerprint density at radius 3 is 2.30 bits per heavy atom. The van der Waals surface area contributed by atoms with Crippen LogP contribution >= 0.6 is 34.5 Å². The summed E-state index contributed by atoms with van der Waals surface area (Å²) in [7, 11) is 0. The second kappa shape index (κ2) is 8.18. The first kappa shape index (κ1) is 20.5. The summed E-state index contributed by atoms with van der Waals surface area (Å²) in [4.78, 5) is 12.5. The van der Waals surface area contributed by atoms with E-state index >= 15 is 0 Å². The average Bonchev–Trinajstić information content (AvgIpc) is 3.02. The molecule has 2 amide bonds. The van der Waals surface area contributed by atoms with Crippen LogP contribution in [0.25, 0.3) is 21.2 Å². The van der Waals surface area contributed by atoms with E-state index in [1.54, 1.807) is 42.5 Å². The number of hydrogen-bond donors (Lipinski definition) is 2. The molecule has 3 aromatic carbocycles. The Hall–Kier alpha value is -2.74. The number of urea groups is 1. The summed E-state index contributed by atoms with van der Waals surface area (Å²) in [5.74, 6) is -3.53. The molecule has 2 N–H and O–H groups in total. The Bertz CT molecular complexity index is 1270. The molecule has 0 bridgehead atoms. The highest BCUT2D eigenvalue weighted by molar-refractivity contribution is 7.23. The summed E-state index contributed by atoms with van der Waals surface area (Å²) >= 11 is 13.8. The van der Waals surface area contributed by atoms with Gasteiger partial charge in [0.15, 0.2) is 11.6 Å². The van der Waals surface area contributed by atoms with Gasteiger partial charge in [-0.3, -0.25) is 5.32 Å². The number of amides is 2. The van der Waals surface area contributed by atoms with Crippen LogP contribution in [-0.4, -0.2) is 6.03 Å². The summed E-state index contributed by atoms with van der Waals surface area (Å²) in [6.07, 6.45) is 0. The van der Waals surface area contributed by atoms with Gasteiger partial charge in [-0.15, -0.1) is 11.3 Å². The van der Waals surface area contributed by atoms with Gasteiger partial charge in [-0.05, 0) is 24.3 Å². The van der Waals surface area contributed by atoms with Crippen molar-refractivity contribution >= 4 is 61.3 Å². The predicted octanol–water partition coefficient (Wildman–Crippen LogP) is 7.94. The molecule has 0 aliphatic carbocycles. The number of carbonyl (C=O) groups excluding carboxylic acids is 1. The summed E-state index contributed by atoms with van der Waals surface area (Å²) in [5.41, 5.74) is 0.526. The van der Waals surface area contributed by atoms with Crippen molar-refractivity contribution in [1.29, 1.82) is 0 Å². The highest BCUT2D eigenvalue weighted by Gasteiger charge is 2.20. The minimum Gasteiger partial charge on any atom is -0.303 e. The third-order valence-corrected chi connectivity index (χ3v) is 5.92. The van der Waals surface area contributed by atoms with Gasteiger partial charge in [0.1, 0.15) is 16.5 Å². The zero-order valence-electron chi connectivity index (χ0n) is 14.9. The van der Waals surface area contributed by atoms with Crippen molar-refractivity contribution < 1.29 is 18.0 Å². The van der Waals surface area contributed by atoms with Crippen LogP contribution in [0.1, 0.15) is 0 Å². The number of thiophene rings is 1. The van der Waals surface area contributed by atoms with Crippen molar-refractivity contribution in [1.82, 2.24) is 0 Å². The van der Waals surface area contributed by atoms with E-state index in [1.807, 2.05) is 0 Å². The molecule has 4 aromatic rings. The molecule has 9 heteroatoms. The molecule has 0 atom stereocenters. The number of nitrogens with one attached hydrogen (secondary N) is 2. The molecule has 0 fully saturated rings. The number of hydrogen-bond acceptors (Lipinski definition) is 2. The fourth-order valence-electron chi connectivity index (χ4n) is 3.00. The first-order valence-corrected chi connectivity index (χ1v) is 10.1. The maximum atomic E-state index is 13.9. The molecule has 30 heavy (non-hydrogen) atoms. The van der Waals surface area contributed by atoms with Gasteiger partial charge >= 0.3 is 6.03 Å². The van der Waals surface area contributed by atoms with Gasteiger partial charge in [0, 0.05) is 43.4 Å². The third kappa shape index (κ3) is 3.96. The van der Waals surface area contributed by atoms with E-state index in [-0.39, 0.29) is 0 Å². The zero-order chi connectivity index (χ0) is 21.4. The normalized spacial score (nSPS) is 11.0. The van der Waals surface area contributed by atoms with Gasteiger partial charge in [-0.25, -0.2) is 18.0 Å². The molecule has 152 valence electrons. The third-order valence-electron chi connectivity index (χ3n) is 4.27. The van der Waals surface area contributed by atoms with Gasteiger partial charge in [-0.1, -0.05) is 41.4 Å². The fraction of sp³-hybridized carbons (Fsp3) is 0. The Labute approximate surface area is 183 Å². The highest BCUT2D eigenvalue weighted by atomic mass is 35.5. The van der Waals surface area contributed by atoms with Gasteiger partial charge in [-0.2, -0.15) is 0 Å². The lowest BCUT2D eigenvalue weighted by molar-refractivity contribution is 0.262. The molecule has 0 aliphatic rings. The van der Waals surface area contributed by atoms with Crippen LogP contribution in [0.15, 0.2) is 54.6 Å². The van der Waals surface area contributed by atoms with Crippen molar-refractivity contribution in [3.63, 3.8) is 0 Å². The summed E-state index contributed by atoms with van der Waals surface area (Å²) in [6.45, 7) is 0. The van der Waals surface area contributed by atoms with Crippen LogP contribution in [0.3, 0.4) is 0 Å². The van der Waals surface area contributed by atoms with Crippen LogP contribution in [0, 0.1) is 17.5 Å². The maximum Gasteiger partial charge on any atom is 0.324 e. The summed E-state index contributed by atoms with van der Waals surface area (Å²) in [5, 5.41) is 6.80. The van der Waals surface area contributed by atoms with Gasteiger partial charge in [0.05, 0.1) is 0 Å². The van der Waals surface area contributed by atoms with Crippen molar-refractivity contribution in [3.8, 4) is 11.1 Å². The molecule has 0 saturated heterocycles. The monoisotopic (exact) mass is 466 g/mol. The van der Waals surface area contributed by atoms with Crippen LogP contribution in [0.4, 0.5) is 28.7 Å². The smallest absolute Gasteiger partial charge is 0.303 e. The van der Waals surface area contributed by atoms with Crippen LogP contribution in [0.2, 0.25) is 10.0 Å². The van der Waals surface area contributed by atoms with Crippen molar-refractivity contribution in [2.45, 2.75) is 0 Å². The lowest BCUT2D eigenvalue weighted by atomic mass is 10.0. The fourth-order valence-corrected chi connectivity index (χ4v) is 4.49. The largest absolute Gasteiger partial charge is 0.324 e. The maximum absolute atomic E-state index is 13.9. The standard InChI is InChI=1S/C21H11Cl2F3N2OS/c22-10-5-6-17-13(7-10)18(12-3-1-2-4-14(12)23)20(30-17)28-21(29)27-19-15(25)8-11(24)9-16(19)26/h1-9H,(H2,27,28,29). The van der Waals surface area contributed by atoms with Crippen LogP contribution < -0.4 is 10.6 Å². The van der Waals surface area contributed by atoms with E-state index in [9.17, 15) is 18.0 Å². The Balaban J connectivity index is 1.75. The Kier molecular flexibility index (Phi) is 5.60. The number of halogens is 5. The Morgan fingerprint density at radius 1 is 0.900 bits per heavy atom. The van der Waals surface area contributed by atoms with Gasteiger partial charge < -0.3 is 5.32 Å². The van der Waals surface area contributed by atoms with Crippen molar-refractivity contribution in [2.24, 2.45) is 0 Å². The van der Waals surface area contributed by atoms with Gasteiger partial charge in [0.2, 0.25) is 0 Å². The topological polar surface area (TPSA) is 41.1 Å². The van der Waals surface area contributed by atoms with Crippen molar-refractivity contribution in [3.05, 3.63) is 82.1 Å². The van der Waals surface area contributed by atoms with Crippen LogP contribution in [0.5, 0.6) is 0 Å². The minimum absolute atomic E-state index is 0.404. The number of fused-ring (bicyclic) bond motifs is 1. The Morgan fingerprint density at radius 2 is 1.60 bits per heavy atom. The second-order valence-corrected chi connectivity index (χ2v) is 8.15. The molecular formula is C21H11Cl2F3N2OS.